The summed E-state index contributed by atoms with van der Waals surface area (Å²) in [6.45, 7) is 6.41. The highest BCUT2D eigenvalue weighted by Crippen LogP contribution is 2.16. The number of piperazine rings is 1. The molecule has 0 saturated carbocycles. The molecule has 2 heterocycles. The molecule has 1 atom stereocenters. The average Bonchev–Trinajstić information content (AvgIpc) is 3.12. The molecule has 0 amide bonds. The zero-order chi connectivity index (χ0) is 16.2. The lowest BCUT2D eigenvalue weighted by molar-refractivity contribution is 0.245. The van der Waals surface area contributed by atoms with Crippen LogP contribution in [0.2, 0.25) is 0 Å². The molecule has 0 aromatic heterocycles. The first-order valence-corrected chi connectivity index (χ1v) is 8.78. The SMILES string of the molecule is Cl.c1ccc(C2=N[C@@H](CN3CCN(c4ccccc4)CC3)CN2)cc1. The highest BCUT2D eigenvalue weighted by Gasteiger charge is 2.23. The zero-order valence-electron chi connectivity index (χ0n) is 14.3. The highest BCUT2D eigenvalue weighted by molar-refractivity contribution is 5.99. The van der Waals surface area contributed by atoms with Gasteiger partial charge >= 0.3 is 0 Å². The fourth-order valence-electron chi connectivity index (χ4n) is 3.49. The van der Waals surface area contributed by atoms with Gasteiger partial charge in [0, 0.05) is 50.5 Å². The Morgan fingerprint density at radius 3 is 2.20 bits per heavy atom. The van der Waals surface area contributed by atoms with Crippen molar-refractivity contribution >= 4 is 23.9 Å². The van der Waals surface area contributed by atoms with Crippen molar-refractivity contribution in [3.63, 3.8) is 0 Å². The van der Waals surface area contributed by atoms with Crippen LogP contribution in [0.25, 0.3) is 0 Å². The van der Waals surface area contributed by atoms with E-state index in [2.05, 4.69) is 69.7 Å². The van der Waals surface area contributed by atoms with E-state index in [-0.39, 0.29) is 12.4 Å². The van der Waals surface area contributed by atoms with Crippen LogP contribution in [-0.4, -0.2) is 56.0 Å². The Bertz CT molecular complexity index is 681. The summed E-state index contributed by atoms with van der Waals surface area (Å²) in [5.41, 5.74) is 2.53. The summed E-state index contributed by atoms with van der Waals surface area (Å²) in [7, 11) is 0. The van der Waals surface area contributed by atoms with Gasteiger partial charge in [-0.1, -0.05) is 48.5 Å². The molecule has 25 heavy (non-hydrogen) atoms. The molecule has 1 fully saturated rings. The fraction of sp³-hybridized carbons (Fsp3) is 0.350. The van der Waals surface area contributed by atoms with Crippen LogP contribution in [0.5, 0.6) is 0 Å². The number of benzene rings is 2. The van der Waals surface area contributed by atoms with Gasteiger partial charge in [0.25, 0.3) is 0 Å². The zero-order valence-corrected chi connectivity index (χ0v) is 15.2. The largest absolute Gasteiger partial charge is 0.369 e. The molecular weight excluding hydrogens is 332 g/mol. The third-order valence-corrected chi connectivity index (χ3v) is 4.83. The Kier molecular flexibility index (Phi) is 5.95. The first-order chi connectivity index (χ1) is 11.9. The van der Waals surface area contributed by atoms with Crippen LogP contribution in [-0.2, 0) is 0 Å². The normalized spacial score (nSPS) is 20.6. The van der Waals surface area contributed by atoms with Crippen LogP contribution in [0.4, 0.5) is 5.69 Å². The van der Waals surface area contributed by atoms with Crippen molar-refractivity contribution in [3.05, 3.63) is 66.2 Å². The van der Waals surface area contributed by atoms with Crippen LogP contribution in [0.15, 0.2) is 65.7 Å². The number of rotatable bonds is 4. The maximum absolute atomic E-state index is 4.88. The number of nitrogens with one attached hydrogen (secondary N) is 1. The van der Waals surface area contributed by atoms with Gasteiger partial charge in [-0.15, -0.1) is 12.4 Å². The number of nitrogens with zero attached hydrogens (tertiary/aromatic N) is 3. The van der Waals surface area contributed by atoms with E-state index in [9.17, 15) is 0 Å². The third-order valence-electron chi connectivity index (χ3n) is 4.83. The van der Waals surface area contributed by atoms with Crippen LogP contribution >= 0.6 is 12.4 Å². The van der Waals surface area contributed by atoms with E-state index in [0.29, 0.717) is 6.04 Å². The minimum atomic E-state index is 0. The van der Waals surface area contributed by atoms with Gasteiger partial charge in [0.05, 0.1) is 6.04 Å². The lowest BCUT2D eigenvalue weighted by Crippen LogP contribution is -2.48. The van der Waals surface area contributed by atoms with Crippen LogP contribution in [0.1, 0.15) is 5.56 Å². The number of aliphatic imine (C=N–C) groups is 1. The molecule has 2 aromatic rings. The maximum atomic E-state index is 4.88. The van der Waals surface area contributed by atoms with E-state index in [4.69, 9.17) is 4.99 Å². The van der Waals surface area contributed by atoms with Gasteiger partial charge in [0.1, 0.15) is 5.84 Å². The molecular formula is C20H25ClN4. The Morgan fingerprint density at radius 1 is 0.880 bits per heavy atom. The Balaban J connectivity index is 0.00000182. The van der Waals surface area contributed by atoms with Gasteiger partial charge in [-0.2, -0.15) is 0 Å². The Hall–Kier alpha value is -2.04. The molecule has 1 N–H and O–H groups in total. The predicted octanol–water partition coefficient (Wildman–Crippen LogP) is 2.65. The molecule has 2 aliphatic rings. The average molecular weight is 357 g/mol. The fourth-order valence-corrected chi connectivity index (χ4v) is 3.49. The molecule has 4 rings (SSSR count). The quantitative estimate of drug-likeness (QED) is 0.913. The number of para-hydroxylation sites is 1. The van der Waals surface area contributed by atoms with Crippen LogP contribution < -0.4 is 10.2 Å². The second-order valence-electron chi connectivity index (χ2n) is 6.50. The van der Waals surface area contributed by atoms with Gasteiger partial charge < -0.3 is 10.2 Å². The van der Waals surface area contributed by atoms with Crippen LogP contribution in [0.3, 0.4) is 0 Å². The van der Waals surface area contributed by atoms with E-state index in [1.54, 1.807) is 0 Å². The van der Waals surface area contributed by atoms with E-state index >= 15 is 0 Å². The standard InChI is InChI=1S/C20H24N4.ClH/c1-3-7-17(8-4-1)20-21-15-18(22-20)16-23-11-13-24(14-12-23)19-9-5-2-6-10-19;/h1-10,18H,11-16H2,(H,21,22);1H/t18-;/m1./s1. The van der Waals surface area contributed by atoms with E-state index in [1.807, 2.05) is 6.07 Å². The number of halogens is 1. The van der Waals surface area contributed by atoms with Gasteiger partial charge in [0.15, 0.2) is 0 Å². The highest BCUT2D eigenvalue weighted by atomic mass is 35.5. The third kappa shape index (κ3) is 4.33. The maximum Gasteiger partial charge on any atom is 0.128 e. The molecule has 5 heteroatoms. The first-order valence-electron chi connectivity index (χ1n) is 8.78. The second-order valence-corrected chi connectivity index (χ2v) is 6.50. The van der Waals surface area contributed by atoms with Gasteiger partial charge in [-0.05, 0) is 12.1 Å². The molecule has 4 nitrogen and oxygen atoms in total. The van der Waals surface area contributed by atoms with Crippen molar-refractivity contribution in [3.8, 4) is 0 Å². The summed E-state index contributed by atoms with van der Waals surface area (Å²) >= 11 is 0. The summed E-state index contributed by atoms with van der Waals surface area (Å²) in [5.74, 6) is 1.04. The minimum Gasteiger partial charge on any atom is -0.369 e. The minimum absolute atomic E-state index is 0. The summed E-state index contributed by atoms with van der Waals surface area (Å²) in [6, 6.07) is 21.5. The molecule has 0 spiro atoms. The number of anilines is 1. The summed E-state index contributed by atoms with van der Waals surface area (Å²) in [6.07, 6.45) is 0. The summed E-state index contributed by atoms with van der Waals surface area (Å²) in [5, 5.41) is 3.46. The Labute approximate surface area is 156 Å². The van der Waals surface area contributed by atoms with Gasteiger partial charge in [0.2, 0.25) is 0 Å². The lowest BCUT2D eigenvalue weighted by Gasteiger charge is -2.36. The topological polar surface area (TPSA) is 30.9 Å². The van der Waals surface area contributed by atoms with Gasteiger partial charge in [-0.3, -0.25) is 9.89 Å². The molecule has 132 valence electrons. The smallest absolute Gasteiger partial charge is 0.128 e. The molecule has 2 aromatic carbocycles. The monoisotopic (exact) mass is 356 g/mol. The van der Waals surface area contributed by atoms with E-state index < -0.39 is 0 Å². The van der Waals surface area contributed by atoms with Crippen molar-refractivity contribution in [1.82, 2.24) is 10.2 Å². The molecule has 0 bridgehead atoms. The summed E-state index contributed by atoms with van der Waals surface area (Å²) in [4.78, 5) is 9.90. The molecule has 0 radical (unpaired) electrons. The van der Waals surface area contributed by atoms with Crippen molar-refractivity contribution in [2.75, 3.05) is 44.2 Å². The Morgan fingerprint density at radius 2 is 1.52 bits per heavy atom. The first kappa shape index (κ1) is 17.8. The summed E-state index contributed by atoms with van der Waals surface area (Å²) < 4.78 is 0. The van der Waals surface area contributed by atoms with Crippen molar-refractivity contribution in [2.24, 2.45) is 4.99 Å². The van der Waals surface area contributed by atoms with E-state index in [0.717, 1.165) is 45.1 Å². The van der Waals surface area contributed by atoms with Crippen molar-refractivity contribution < 1.29 is 0 Å². The molecule has 0 aliphatic carbocycles. The lowest BCUT2D eigenvalue weighted by atomic mass is 10.2. The number of amidine groups is 1. The van der Waals surface area contributed by atoms with Crippen LogP contribution in [0, 0.1) is 0 Å². The van der Waals surface area contributed by atoms with Crippen molar-refractivity contribution in [2.45, 2.75) is 6.04 Å². The number of hydrogen-bond acceptors (Lipinski definition) is 4. The van der Waals surface area contributed by atoms with Gasteiger partial charge in [-0.25, -0.2) is 0 Å². The molecule has 1 saturated heterocycles. The predicted molar refractivity (Wildman–Crippen MR) is 107 cm³/mol. The van der Waals surface area contributed by atoms with E-state index in [1.165, 1.54) is 11.3 Å². The molecule has 0 unspecified atom stereocenters. The molecule has 2 aliphatic heterocycles. The van der Waals surface area contributed by atoms with Crippen molar-refractivity contribution in [1.29, 1.82) is 0 Å². The number of hydrogen-bond donors (Lipinski definition) is 1. The second kappa shape index (κ2) is 8.37.